The Balaban J connectivity index is 1.87. The fourth-order valence-electron chi connectivity index (χ4n) is 3.12. The highest BCUT2D eigenvalue weighted by Crippen LogP contribution is 2.30. The third-order valence-corrected chi connectivity index (χ3v) is 5.16. The first-order valence-electron chi connectivity index (χ1n) is 7.38. The molecule has 5 heteroatoms. The first-order chi connectivity index (χ1) is 9.81. The maximum absolute atomic E-state index is 12.9. The number of amides is 1. The summed E-state index contributed by atoms with van der Waals surface area (Å²) in [6.07, 6.45) is 9.99. The largest absolute Gasteiger partial charge is 0.334 e. The quantitative estimate of drug-likeness (QED) is 0.850. The molecule has 0 bridgehead atoms. The second kappa shape index (κ2) is 6.06. The number of fused-ring (bicyclic) bond motifs is 1. The van der Waals surface area contributed by atoms with E-state index in [9.17, 15) is 4.79 Å². The Bertz CT molecular complexity index is 511. The van der Waals surface area contributed by atoms with Crippen LogP contribution in [0.2, 0.25) is 0 Å². The molecule has 0 saturated heterocycles. The van der Waals surface area contributed by atoms with E-state index < -0.39 is 0 Å². The number of hydrogen-bond donors (Lipinski definition) is 1. The molecule has 1 aliphatic carbocycles. The number of hydrogen-bond acceptors (Lipinski definition) is 4. The van der Waals surface area contributed by atoms with Crippen LogP contribution in [0.1, 0.15) is 42.3 Å². The van der Waals surface area contributed by atoms with Crippen molar-refractivity contribution in [2.75, 3.05) is 13.6 Å². The van der Waals surface area contributed by atoms with Gasteiger partial charge in [0.1, 0.15) is 6.04 Å². The van der Waals surface area contributed by atoms with Crippen molar-refractivity contribution in [2.24, 2.45) is 0 Å². The van der Waals surface area contributed by atoms with Crippen LogP contribution in [0.5, 0.6) is 0 Å². The van der Waals surface area contributed by atoms with Gasteiger partial charge >= 0.3 is 0 Å². The molecule has 1 N–H and O–H groups in total. The molecule has 0 spiro atoms. The number of thiazole rings is 1. The predicted octanol–water partition coefficient (Wildman–Crippen LogP) is 2.29. The third-order valence-electron chi connectivity index (χ3n) is 4.22. The summed E-state index contributed by atoms with van der Waals surface area (Å²) >= 11 is 1.59. The minimum absolute atomic E-state index is 0.201. The van der Waals surface area contributed by atoms with E-state index in [1.165, 1.54) is 12.8 Å². The molecule has 0 radical (unpaired) electrons. The molecule has 1 amide bonds. The monoisotopic (exact) mass is 291 g/mol. The van der Waals surface area contributed by atoms with Gasteiger partial charge in [-0.3, -0.25) is 4.79 Å². The van der Waals surface area contributed by atoms with Gasteiger partial charge in [-0.15, -0.1) is 11.3 Å². The van der Waals surface area contributed by atoms with Gasteiger partial charge in [0.25, 0.3) is 0 Å². The Kier molecular flexibility index (Phi) is 4.17. The van der Waals surface area contributed by atoms with Crippen molar-refractivity contribution < 1.29 is 4.79 Å². The molecular weight excluding hydrogens is 270 g/mol. The SMILES string of the molecule is CNC1C(=O)N(C2C=CCCCC2)CCc2ncsc21. The van der Waals surface area contributed by atoms with Crippen molar-refractivity contribution in [1.82, 2.24) is 15.2 Å². The first-order valence-corrected chi connectivity index (χ1v) is 8.26. The summed E-state index contributed by atoms with van der Waals surface area (Å²) in [5.41, 5.74) is 2.94. The summed E-state index contributed by atoms with van der Waals surface area (Å²) in [6, 6.07) is 0.0338. The van der Waals surface area contributed by atoms with Gasteiger partial charge in [-0.2, -0.15) is 0 Å². The van der Waals surface area contributed by atoms with Crippen LogP contribution in [0, 0.1) is 0 Å². The Hall–Kier alpha value is -1.20. The van der Waals surface area contributed by atoms with E-state index >= 15 is 0 Å². The van der Waals surface area contributed by atoms with Crippen molar-refractivity contribution in [3.8, 4) is 0 Å². The molecule has 1 aromatic rings. The minimum atomic E-state index is -0.225. The lowest BCUT2D eigenvalue weighted by atomic mass is 10.1. The lowest BCUT2D eigenvalue weighted by molar-refractivity contribution is -0.134. The van der Waals surface area contributed by atoms with Crippen molar-refractivity contribution >= 4 is 17.2 Å². The molecular formula is C15H21N3OS. The topological polar surface area (TPSA) is 45.2 Å². The van der Waals surface area contributed by atoms with Crippen LogP contribution < -0.4 is 5.32 Å². The van der Waals surface area contributed by atoms with Gasteiger partial charge in [-0.1, -0.05) is 18.6 Å². The molecule has 4 nitrogen and oxygen atoms in total. The highest BCUT2D eigenvalue weighted by molar-refractivity contribution is 7.10. The fourth-order valence-corrected chi connectivity index (χ4v) is 4.06. The molecule has 0 fully saturated rings. The number of nitrogens with one attached hydrogen (secondary N) is 1. The highest BCUT2D eigenvalue weighted by Gasteiger charge is 2.34. The smallest absolute Gasteiger partial charge is 0.245 e. The molecule has 1 aromatic heterocycles. The van der Waals surface area contributed by atoms with Gasteiger partial charge in [0.2, 0.25) is 5.91 Å². The summed E-state index contributed by atoms with van der Waals surface area (Å²) < 4.78 is 0. The van der Waals surface area contributed by atoms with Gasteiger partial charge in [-0.25, -0.2) is 4.98 Å². The molecule has 2 atom stereocenters. The number of aromatic nitrogens is 1. The van der Waals surface area contributed by atoms with Crippen molar-refractivity contribution in [3.63, 3.8) is 0 Å². The Morgan fingerprint density at radius 1 is 1.45 bits per heavy atom. The minimum Gasteiger partial charge on any atom is -0.334 e. The van der Waals surface area contributed by atoms with E-state index in [-0.39, 0.29) is 18.0 Å². The summed E-state index contributed by atoms with van der Waals surface area (Å²) in [7, 11) is 1.86. The maximum Gasteiger partial charge on any atom is 0.245 e. The van der Waals surface area contributed by atoms with Crippen LogP contribution in [0.25, 0.3) is 0 Å². The van der Waals surface area contributed by atoms with Crippen LogP contribution in [-0.4, -0.2) is 35.4 Å². The Labute approximate surface area is 123 Å². The van der Waals surface area contributed by atoms with Gasteiger partial charge in [-0.05, 0) is 26.3 Å². The average Bonchev–Trinajstić information content (AvgIpc) is 2.69. The Morgan fingerprint density at radius 3 is 3.20 bits per heavy atom. The number of rotatable bonds is 2. The second-order valence-electron chi connectivity index (χ2n) is 5.45. The number of likely N-dealkylation sites (N-methyl/N-ethyl adjacent to an activating group) is 1. The normalized spacial score (nSPS) is 27.1. The number of allylic oxidation sites excluding steroid dienone is 1. The molecule has 108 valence electrons. The molecule has 3 rings (SSSR count). The molecule has 0 aromatic carbocycles. The number of nitrogens with zero attached hydrogens (tertiary/aromatic N) is 2. The highest BCUT2D eigenvalue weighted by atomic mass is 32.1. The van der Waals surface area contributed by atoms with Gasteiger partial charge < -0.3 is 10.2 Å². The second-order valence-corrected chi connectivity index (χ2v) is 6.33. The zero-order chi connectivity index (χ0) is 13.9. The Morgan fingerprint density at radius 2 is 2.35 bits per heavy atom. The average molecular weight is 291 g/mol. The van der Waals surface area contributed by atoms with E-state index in [1.807, 2.05) is 12.6 Å². The number of carbonyl (C=O) groups excluding carboxylic acids is 1. The summed E-state index contributed by atoms with van der Waals surface area (Å²) in [4.78, 5) is 20.4. The molecule has 20 heavy (non-hydrogen) atoms. The van der Waals surface area contributed by atoms with Crippen LogP contribution in [0.15, 0.2) is 17.7 Å². The summed E-state index contributed by atoms with van der Waals surface area (Å²) in [5.74, 6) is 0.201. The van der Waals surface area contributed by atoms with Gasteiger partial charge in [0, 0.05) is 13.0 Å². The molecule has 2 heterocycles. The lowest BCUT2D eigenvalue weighted by Gasteiger charge is -2.30. The molecule has 0 saturated carbocycles. The van der Waals surface area contributed by atoms with E-state index in [0.717, 1.165) is 36.4 Å². The van der Waals surface area contributed by atoms with E-state index in [1.54, 1.807) is 11.3 Å². The van der Waals surface area contributed by atoms with Gasteiger partial charge in [0.05, 0.1) is 22.1 Å². The van der Waals surface area contributed by atoms with Crippen molar-refractivity contribution in [1.29, 1.82) is 0 Å². The van der Waals surface area contributed by atoms with E-state index in [4.69, 9.17) is 0 Å². The fraction of sp³-hybridized carbons (Fsp3) is 0.600. The molecule has 2 aliphatic rings. The third kappa shape index (κ3) is 2.52. The maximum atomic E-state index is 12.9. The zero-order valence-electron chi connectivity index (χ0n) is 11.8. The van der Waals surface area contributed by atoms with Crippen LogP contribution in [0.4, 0.5) is 0 Å². The van der Waals surface area contributed by atoms with Crippen LogP contribution >= 0.6 is 11.3 Å². The van der Waals surface area contributed by atoms with Crippen molar-refractivity contribution in [3.05, 3.63) is 28.2 Å². The zero-order valence-corrected chi connectivity index (χ0v) is 12.7. The molecule has 1 aliphatic heterocycles. The standard InChI is InChI=1S/C15H21N3OS/c1-16-13-14-12(17-10-20-14)8-9-18(15(13)19)11-6-4-2-3-5-7-11/h4,6,10-11,13,16H,2-3,5,7-9H2,1H3. The van der Waals surface area contributed by atoms with Crippen molar-refractivity contribution in [2.45, 2.75) is 44.2 Å². The van der Waals surface area contributed by atoms with Crippen LogP contribution in [0.3, 0.4) is 0 Å². The van der Waals surface area contributed by atoms with E-state index in [2.05, 4.69) is 27.4 Å². The summed E-state index contributed by atoms with van der Waals surface area (Å²) in [6.45, 7) is 0.781. The lowest BCUT2D eigenvalue weighted by Crippen LogP contribution is -2.44. The van der Waals surface area contributed by atoms with Gasteiger partial charge in [0.15, 0.2) is 0 Å². The molecule has 2 unspecified atom stereocenters. The summed E-state index contributed by atoms with van der Waals surface area (Å²) in [5, 5.41) is 3.18. The first kappa shape index (κ1) is 13.8. The van der Waals surface area contributed by atoms with Crippen LogP contribution in [-0.2, 0) is 11.2 Å². The number of carbonyl (C=O) groups is 1. The van der Waals surface area contributed by atoms with E-state index in [0.29, 0.717) is 0 Å². The predicted molar refractivity (Wildman–Crippen MR) is 80.7 cm³/mol.